The van der Waals surface area contributed by atoms with E-state index in [-0.39, 0.29) is 12.6 Å². The van der Waals surface area contributed by atoms with Crippen molar-refractivity contribution in [3.8, 4) is 0 Å². The normalized spacial score (nSPS) is 9.40. The molecule has 0 atom stereocenters. The fourth-order valence-electron chi connectivity index (χ4n) is 0.722. The van der Waals surface area contributed by atoms with Gasteiger partial charge < -0.3 is 14.2 Å². The fraction of sp³-hybridized carbons (Fsp3) is 0.778. The zero-order chi connectivity index (χ0) is 11.4. The fourth-order valence-corrected chi connectivity index (χ4v) is 0.722. The highest BCUT2D eigenvalue weighted by Crippen LogP contribution is 1.81. The topological polar surface area (TPSA) is 74.2 Å². The van der Waals surface area contributed by atoms with Gasteiger partial charge in [-0.1, -0.05) is 0 Å². The molecule has 0 aliphatic carbocycles. The Bertz CT molecular complexity index is 205. The van der Waals surface area contributed by atoms with E-state index < -0.39 is 0 Å². The average molecular weight is 217 g/mol. The van der Waals surface area contributed by atoms with Crippen molar-refractivity contribution < 1.29 is 23.8 Å². The summed E-state index contributed by atoms with van der Waals surface area (Å²) in [7, 11) is 0. The van der Waals surface area contributed by atoms with Crippen LogP contribution in [0.15, 0.2) is 4.99 Å². The molecule has 0 unspecified atom stereocenters. The van der Waals surface area contributed by atoms with Crippen LogP contribution in [0.3, 0.4) is 0 Å². The summed E-state index contributed by atoms with van der Waals surface area (Å²) >= 11 is 0. The van der Waals surface area contributed by atoms with Crippen molar-refractivity contribution in [3.63, 3.8) is 0 Å². The van der Waals surface area contributed by atoms with E-state index in [9.17, 15) is 9.59 Å². The first-order valence-electron chi connectivity index (χ1n) is 4.60. The second-order valence-electron chi connectivity index (χ2n) is 2.54. The maximum atomic E-state index is 10.3. The van der Waals surface area contributed by atoms with Crippen LogP contribution in [-0.4, -0.2) is 51.6 Å². The second kappa shape index (κ2) is 10.8. The summed E-state index contributed by atoms with van der Waals surface area (Å²) in [6.07, 6.45) is 1.41. The monoisotopic (exact) mass is 217 g/mol. The third-order valence-corrected chi connectivity index (χ3v) is 1.32. The molecule has 0 fully saturated rings. The van der Waals surface area contributed by atoms with Gasteiger partial charge in [0.15, 0.2) is 0 Å². The van der Waals surface area contributed by atoms with E-state index in [1.54, 1.807) is 0 Å². The number of nitrogens with zero attached hydrogens (tertiary/aromatic N) is 1. The van der Waals surface area contributed by atoms with Gasteiger partial charge in [-0.05, 0) is 0 Å². The number of carbonyl (C=O) groups is 1. The van der Waals surface area contributed by atoms with Gasteiger partial charge in [-0.2, -0.15) is 0 Å². The first kappa shape index (κ1) is 13.8. The van der Waals surface area contributed by atoms with Gasteiger partial charge >= 0.3 is 5.97 Å². The minimum absolute atomic E-state index is 0.255. The van der Waals surface area contributed by atoms with Gasteiger partial charge in [0.1, 0.15) is 6.61 Å². The highest BCUT2D eigenvalue weighted by Gasteiger charge is 1.93. The third kappa shape index (κ3) is 12.8. The molecule has 6 heteroatoms. The van der Waals surface area contributed by atoms with Crippen LogP contribution in [0.25, 0.3) is 0 Å². The van der Waals surface area contributed by atoms with Crippen molar-refractivity contribution in [1.29, 1.82) is 0 Å². The summed E-state index contributed by atoms with van der Waals surface area (Å²) in [4.78, 5) is 23.3. The summed E-state index contributed by atoms with van der Waals surface area (Å²) < 4.78 is 14.8. The largest absolute Gasteiger partial charge is 0.463 e. The number of hydrogen-bond donors (Lipinski definition) is 0. The molecule has 86 valence electrons. The van der Waals surface area contributed by atoms with Gasteiger partial charge in [-0.15, -0.1) is 0 Å². The predicted molar refractivity (Wildman–Crippen MR) is 51.3 cm³/mol. The third-order valence-electron chi connectivity index (χ3n) is 1.32. The van der Waals surface area contributed by atoms with E-state index in [1.165, 1.54) is 13.0 Å². The molecule has 0 aromatic heterocycles. The van der Waals surface area contributed by atoms with Gasteiger partial charge in [0.2, 0.25) is 6.08 Å². The van der Waals surface area contributed by atoms with Gasteiger partial charge in [-0.3, -0.25) is 4.79 Å². The Labute approximate surface area is 88.2 Å². The van der Waals surface area contributed by atoms with Crippen molar-refractivity contribution in [2.45, 2.75) is 6.92 Å². The van der Waals surface area contributed by atoms with E-state index in [2.05, 4.69) is 9.73 Å². The van der Waals surface area contributed by atoms with Gasteiger partial charge in [0.05, 0.1) is 33.0 Å². The molecular weight excluding hydrogens is 202 g/mol. The van der Waals surface area contributed by atoms with Crippen molar-refractivity contribution in [2.75, 3.05) is 39.6 Å². The van der Waals surface area contributed by atoms with Crippen LogP contribution in [0.2, 0.25) is 0 Å². The van der Waals surface area contributed by atoms with Crippen LogP contribution < -0.4 is 0 Å². The first-order valence-corrected chi connectivity index (χ1v) is 4.60. The maximum Gasteiger partial charge on any atom is 0.302 e. The summed E-state index contributed by atoms with van der Waals surface area (Å²) in [6, 6.07) is 0. The van der Waals surface area contributed by atoms with Gasteiger partial charge in [-0.25, -0.2) is 9.79 Å². The Morgan fingerprint density at radius 3 is 2.33 bits per heavy atom. The summed E-state index contributed by atoms with van der Waals surface area (Å²) in [5.41, 5.74) is 0. The molecule has 0 saturated heterocycles. The number of aliphatic imine (C=N–C) groups is 1. The number of ether oxygens (including phenoxy) is 3. The zero-order valence-electron chi connectivity index (χ0n) is 8.73. The van der Waals surface area contributed by atoms with Crippen LogP contribution >= 0.6 is 0 Å². The number of carbonyl (C=O) groups excluding carboxylic acids is 2. The van der Waals surface area contributed by atoms with E-state index in [0.29, 0.717) is 33.0 Å². The lowest BCUT2D eigenvalue weighted by atomic mass is 10.7. The van der Waals surface area contributed by atoms with Crippen molar-refractivity contribution in [3.05, 3.63) is 0 Å². The summed E-state index contributed by atoms with van der Waals surface area (Å²) in [5.74, 6) is -0.318. The summed E-state index contributed by atoms with van der Waals surface area (Å²) in [6.45, 7) is 3.50. The number of esters is 1. The summed E-state index contributed by atoms with van der Waals surface area (Å²) in [5, 5.41) is 0. The van der Waals surface area contributed by atoms with Crippen molar-refractivity contribution in [2.24, 2.45) is 4.99 Å². The van der Waals surface area contributed by atoms with E-state index in [0.717, 1.165) is 0 Å². The lowest BCUT2D eigenvalue weighted by Gasteiger charge is -2.04. The van der Waals surface area contributed by atoms with Crippen LogP contribution in [0.1, 0.15) is 6.92 Å². The zero-order valence-corrected chi connectivity index (χ0v) is 8.73. The Balaban J connectivity index is 2.98. The molecule has 0 aliphatic heterocycles. The highest BCUT2D eigenvalue weighted by atomic mass is 16.6. The molecule has 0 saturated carbocycles. The van der Waals surface area contributed by atoms with Crippen molar-refractivity contribution in [1.82, 2.24) is 0 Å². The maximum absolute atomic E-state index is 10.3. The number of rotatable bonds is 9. The minimum Gasteiger partial charge on any atom is -0.463 e. The minimum atomic E-state index is -0.318. The molecule has 15 heavy (non-hydrogen) atoms. The Morgan fingerprint density at radius 2 is 1.73 bits per heavy atom. The molecular formula is C9H15NO5. The number of hydrogen-bond acceptors (Lipinski definition) is 6. The van der Waals surface area contributed by atoms with Crippen LogP contribution in [0, 0.1) is 0 Å². The molecule has 0 bridgehead atoms. The van der Waals surface area contributed by atoms with Crippen LogP contribution in [0.4, 0.5) is 0 Å². The van der Waals surface area contributed by atoms with Crippen LogP contribution in [-0.2, 0) is 23.8 Å². The highest BCUT2D eigenvalue weighted by molar-refractivity contribution is 5.65. The molecule has 0 radical (unpaired) electrons. The Morgan fingerprint density at radius 1 is 1.13 bits per heavy atom. The molecule has 0 rings (SSSR count). The average Bonchev–Trinajstić information content (AvgIpc) is 2.20. The first-order chi connectivity index (χ1) is 7.27. The predicted octanol–water partition coefficient (Wildman–Crippen LogP) is -0.0815. The molecule has 0 amide bonds. The molecule has 0 spiro atoms. The van der Waals surface area contributed by atoms with E-state index in [4.69, 9.17) is 9.47 Å². The molecule has 0 aromatic carbocycles. The van der Waals surface area contributed by atoms with Gasteiger partial charge in [0.25, 0.3) is 0 Å². The lowest BCUT2D eigenvalue weighted by molar-refractivity contribution is -0.142. The number of isocyanates is 1. The molecule has 6 nitrogen and oxygen atoms in total. The Hall–Kier alpha value is -1.23. The Kier molecular flexibility index (Phi) is 9.96. The van der Waals surface area contributed by atoms with E-state index >= 15 is 0 Å². The van der Waals surface area contributed by atoms with Gasteiger partial charge in [0, 0.05) is 6.92 Å². The SMILES string of the molecule is CC(=O)OCCOCCOCCN=C=O. The molecule has 0 N–H and O–H groups in total. The quantitative estimate of drug-likeness (QED) is 0.234. The molecule has 0 aliphatic rings. The molecule has 0 heterocycles. The van der Waals surface area contributed by atoms with Crippen LogP contribution in [0.5, 0.6) is 0 Å². The standard InChI is InChI=1S/C9H15NO5/c1-9(12)15-7-6-14-5-4-13-3-2-10-8-11/h2-7H2,1H3. The molecule has 0 aromatic rings. The van der Waals surface area contributed by atoms with Crippen molar-refractivity contribution >= 4 is 12.0 Å². The van der Waals surface area contributed by atoms with E-state index in [1.807, 2.05) is 0 Å². The second-order valence-corrected chi connectivity index (χ2v) is 2.54. The smallest absolute Gasteiger partial charge is 0.302 e. The lowest BCUT2D eigenvalue weighted by Crippen LogP contribution is -2.11.